The van der Waals surface area contributed by atoms with Gasteiger partial charge in [-0.05, 0) is 40.7 Å². The van der Waals surface area contributed by atoms with Gasteiger partial charge in [0.05, 0.1) is 18.1 Å². The van der Waals surface area contributed by atoms with Crippen LogP contribution in [0.15, 0.2) is 6.07 Å². The third-order valence-corrected chi connectivity index (χ3v) is 4.40. The third-order valence-electron chi connectivity index (χ3n) is 3.43. The zero-order valence-electron chi connectivity index (χ0n) is 17.8. The van der Waals surface area contributed by atoms with E-state index in [2.05, 4.69) is 42.7 Å². The van der Waals surface area contributed by atoms with Crippen molar-refractivity contribution in [1.82, 2.24) is 4.90 Å². The number of nitrogens with one attached hydrogen (secondary N) is 1. The van der Waals surface area contributed by atoms with Gasteiger partial charge in [-0.1, -0.05) is 11.8 Å². The Hall–Kier alpha value is -2.04. The zero-order valence-corrected chi connectivity index (χ0v) is 18.6. The Morgan fingerprint density at radius 3 is 2.30 bits per heavy atom. The number of anilines is 1. The first-order valence-corrected chi connectivity index (χ1v) is 9.39. The van der Waals surface area contributed by atoms with E-state index >= 15 is 0 Å². The first kappa shape index (κ1) is 25.0. The third kappa shape index (κ3) is 9.45. The first-order valence-electron chi connectivity index (χ1n) is 8.57. The van der Waals surface area contributed by atoms with Crippen molar-refractivity contribution in [3.63, 3.8) is 0 Å². The predicted molar refractivity (Wildman–Crippen MR) is 111 cm³/mol. The van der Waals surface area contributed by atoms with E-state index in [-0.39, 0.29) is 17.4 Å². The minimum absolute atomic E-state index is 0.00715. The second-order valence-corrected chi connectivity index (χ2v) is 8.46. The second-order valence-electron chi connectivity index (χ2n) is 7.21. The van der Waals surface area contributed by atoms with Crippen LogP contribution < -0.4 is 5.32 Å². The zero-order chi connectivity index (χ0) is 21.2. The molecule has 1 aromatic rings. The summed E-state index contributed by atoms with van der Waals surface area (Å²) in [7, 11) is 6.43. The molecule has 0 saturated carbocycles. The molecule has 0 spiro atoms. The summed E-state index contributed by atoms with van der Waals surface area (Å²) in [5.41, 5.74) is 0.914. The molecule has 1 N–H and O–H groups in total. The van der Waals surface area contributed by atoms with Crippen LogP contribution >= 0.6 is 11.3 Å². The Bertz CT molecular complexity index is 666. The van der Waals surface area contributed by atoms with E-state index in [0.29, 0.717) is 6.47 Å². The first-order chi connectivity index (χ1) is 12.5. The molecule has 0 aliphatic rings. The molecular formula is C20H32N2O4S. The van der Waals surface area contributed by atoms with Gasteiger partial charge in [0.15, 0.2) is 0 Å². The SMILES string of the molecule is COC(C)C(Nc1cc(C#CC(C)(C)C)sc1C)C(=O)N(C)C.COC=O. The van der Waals surface area contributed by atoms with Crippen molar-refractivity contribution < 1.29 is 19.1 Å². The molecule has 1 aromatic heterocycles. The number of hydrogen-bond acceptors (Lipinski definition) is 6. The molecular weight excluding hydrogens is 364 g/mol. The van der Waals surface area contributed by atoms with Crippen LogP contribution in [0.5, 0.6) is 0 Å². The molecule has 1 amide bonds. The highest BCUT2D eigenvalue weighted by Crippen LogP contribution is 2.27. The molecule has 27 heavy (non-hydrogen) atoms. The number of rotatable bonds is 6. The van der Waals surface area contributed by atoms with Gasteiger partial charge >= 0.3 is 0 Å². The van der Waals surface area contributed by atoms with Crippen molar-refractivity contribution in [2.45, 2.75) is 46.8 Å². The van der Waals surface area contributed by atoms with Crippen molar-refractivity contribution in [3.05, 3.63) is 15.8 Å². The van der Waals surface area contributed by atoms with Crippen LogP contribution in [0.4, 0.5) is 5.69 Å². The van der Waals surface area contributed by atoms with Gasteiger partial charge in [0, 0.05) is 37.2 Å². The van der Waals surface area contributed by atoms with Crippen molar-refractivity contribution in [2.24, 2.45) is 5.41 Å². The minimum atomic E-state index is -0.424. The van der Waals surface area contributed by atoms with Gasteiger partial charge in [0.25, 0.3) is 6.47 Å². The van der Waals surface area contributed by atoms with Gasteiger partial charge in [0.1, 0.15) is 6.04 Å². The van der Waals surface area contributed by atoms with Crippen LogP contribution in [0.25, 0.3) is 0 Å². The van der Waals surface area contributed by atoms with E-state index in [1.165, 1.54) is 7.11 Å². The van der Waals surface area contributed by atoms with E-state index in [1.807, 2.05) is 19.9 Å². The van der Waals surface area contributed by atoms with Gasteiger partial charge in [-0.25, -0.2) is 0 Å². The fourth-order valence-corrected chi connectivity index (χ4v) is 2.73. The van der Waals surface area contributed by atoms with Crippen molar-refractivity contribution in [2.75, 3.05) is 33.6 Å². The van der Waals surface area contributed by atoms with Crippen molar-refractivity contribution in [3.8, 4) is 11.8 Å². The Morgan fingerprint density at radius 1 is 1.33 bits per heavy atom. The lowest BCUT2D eigenvalue weighted by atomic mass is 9.98. The molecule has 0 saturated heterocycles. The van der Waals surface area contributed by atoms with E-state index in [1.54, 1.807) is 37.4 Å². The number of aryl methyl sites for hydroxylation is 1. The fraction of sp³-hybridized carbons (Fsp3) is 0.600. The summed E-state index contributed by atoms with van der Waals surface area (Å²) in [6.45, 7) is 10.6. The highest BCUT2D eigenvalue weighted by molar-refractivity contribution is 7.13. The smallest absolute Gasteiger partial charge is 0.292 e. The summed E-state index contributed by atoms with van der Waals surface area (Å²) < 4.78 is 9.22. The van der Waals surface area contributed by atoms with Gasteiger partial charge in [0.2, 0.25) is 5.91 Å². The summed E-state index contributed by atoms with van der Waals surface area (Å²) in [4.78, 5) is 25.0. The number of nitrogens with zero attached hydrogens (tertiary/aromatic N) is 1. The van der Waals surface area contributed by atoms with Gasteiger partial charge in [-0.3, -0.25) is 9.59 Å². The molecule has 6 nitrogen and oxygen atoms in total. The molecule has 0 fully saturated rings. The van der Waals surface area contributed by atoms with E-state index in [0.717, 1.165) is 15.4 Å². The monoisotopic (exact) mass is 396 g/mol. The van der Waals surface area contributed by atoms with Gasteiger partial charge in [-0.2, -0.15) is 0 Å². The van der Waals surface area contributed by atoms with Crippen LogP contribution in [-0.2, 0) is 19.1 Å². The van der Waals surface area contributed by atoms with Gasteiger partial charge < -0.3 is 19.7 Å². The number of thiophene rings is 1. The van der Waals surface area contributed by atoms with Crippen LogP contribution in [0, 0.1) is 24.2 Å². The van der Waals surface area contributed by atoms with Crippen molar-refractivity contribution >= 4 is 29.4 Å². The number of methoxy groups -OCH3 is 2. The summed E-state index contributed by atoms with van der Waals surface area (Å²) in [6, 6.07) is 1.59. The predicted octanol–water partition coefficient (Wildman–Crippen LogP) is 3.15. The highest BCUT2D eigenvalue weighted by atomic mass is 32.1. The minimum Gasteiger partial charge on any atom is -0.471 e. The number of carbonyl (C=O) groups is 2. The van der Waals surface area contributed by atoms with E-state index in [4.69, 9.17) is 9.53 Å². The van der Waals surface area contributed by atoms with Gasteiger partial charge in [-0.15, -0.1) is 11.3 Å². The molecule has 0 bridgehead atoms. The molecule has 0 aliphatic heterocycles. The Morgan fingerprint density at radius 2 is 1.89 bits per heavy atom. The molecule has 0 radical (unpaired) electrons. The summed E-state index contributed by atoms with van der Waals surface area (Å²) in [5, 5.41) is 3.32. The maximum Gasteiger partial charge on any atom is 0.292 e. The topological polar surface area (TPSA) is 67.9 Å². The normalized spacial score (nSPS) is 12.5. The average molecular weight is 397 g/mol. The quantitative estimate of drug-likeness (QED) is 0.591. The molecule has 0 aromatic carbocycles. The fourth-order valence-electron chi connectivity index (χ4n) is 1.90. The number of likely N-dealkylation sites (N-methyl/N-ethyl adjacent to an activating group) is 1. The molecule has 2 unspecified atom stereocenters. The number of ether oxygens (including phenoxy) is 2. The molecule has 7 heteroatoms. The second kappa shape index (κ2) is 11.6. The van der Waals surface area contributed by atoms with Crippen molar-refractivity contribution in [1.29, 1.82) is 0 Å². The lowest BCUT2D eigenvalue weighted by molar-refractivity contribution is -0.132. The number of amides is 1. The van der Waals surface area contributed by atoms with Crippen LogP contribution in [-0.4, -0.2) is 57.7 Å². The van der Waals surface area contributed by atoms with E-state index < -0.39 is 6.04 Å². The molecule has 152 valence electrons. The average Bonchev–Trinajstić information content (AvgIpc) is 2.95. The lowest BCUT2D eigenvalue weighted by Gasteiger charge is -2.26. The lowest BCUT2D eigenvalue weighted by Crippen LogP contribution is -2.46. The van der Waals surface area contributed by atoms with Crippen LogP contribution in [0.1, 0.15) is 37.4 Å². The Balaban J connectivity index is 0.00000153. The molecule has 1 heterocycles. The molecule has 2 atom stereocenters. The molecule has 1 rings (SSSR count). The Labute approximate surface area is 167 Å². The van der Waals surface area contributed by atoms with Crippen LogP contribution in [0.2, 0.25) is 0 Å². The standard InChI is InChI=1S/C18H28N2O2S.C2H4O2/c1-12(22-8)16(17(21)20(6)7)19-15-11-14(23-13(15)2)9-10-18(3,4)5;1-4-2-3/h11-12,16,19H,1-8H3;2H,1H3. The van der Waals surface area contributed by atoms with E-state index in [9.17, 15) is 4.79 Å². The number of hydrogen-bond donors (Lipinski definition) is 1. The number of carbonyl (C=O) groups excluding carboxylic acids is 2. The summed E-state index contributed by atoms with van der Waals surface area (Å²) in [6.07, 6.45) is -0.228. The maximum absolute atomic E-state index is 12.4. The molecule has 0 aliphatic carbocycles. The highest BCUT2D eigenvalue weighted by Gasteiger charge is 2.27. The summed E-state index contributed by atoms with van der Waals surface area (Å²) in [5.74, 6) is 6.45. The largest absolute Gasteiger partial charge is 0.471 e. The Kier molecular flexibility index (Phi) is 10.7. The maximum atomic E-state index is 12.4. The summed E-state index contributed by atoms with van der Waals surface area (Å²) >= 11 is 1.63. The van der Waals surface area contributed by atoms with Crippen LogP contribution in [0.3, 0.4) is 0 Å².